The summed E-state index contributed by atoms with van der Waals surface area (Å²) in [5.41, 5.74) is 0.328. The van der Waals surface area contributed by atoms with Gasteiger partial charge in [-0.25, -0.2) is 18.4 Å². The topological polar surface area (TPSA) is 75.2 Å². The number of nitrogens with one attached hydrogen (secondary N) is 1. The SMILES string of the molecule is CN(C)c1ncc(NS(=O)(=O)c2ccccc2)cn1. The van der Waals surface area contributed by atoms with Gasteiger partial charge in [0.05, 0.1) is 23.0 Å². The Kier molecular flexibility index (Phi) is 3.66. The van der Waals surface area contributed by atoms with Gasteiger partial charge in [0.1, 0.15) is 0 Å². The summed E-state index contributed by atoms with van der Waals surface area (Å²) in [6.45, 7) is 0. The third-order valence-corrected chi connectivity index (χ3v) is 3.74. The average Bonchev–Trinajstić information content (AvgIpc) is 2.40. The van der Waals surface area contributed by atoms with E-state index in [0.717, 1.165) is 0 Å². The highest BCUT2D eigenvalue weighted by Gasteiger charge is 2.13. The first kappa shape index (κ1) is 13.3. The Hall–Kier alpha value is -2.15. The highest BCUT2D eigenvalue weighted by atomic mass is 32.2. The van der Waals surface area contributed by atoms with Crippen LogP contribution in [0.4, 0.5) is 11.6 Å². The van der Waals surface area contributed by atoms with Crippen molar-refractivity contribution in [1.82, 2.24) is 9.97 Å². The lowest BCUT2D eigenvalue weighted by Crippen LogP contribution is -2.15. The molecule has 7 heteroatoms. The van der Waals surface area contributed by atoms with Crippen LogP contribution in [-0.4, -0.2) is 32.5 Å². The van der Waals surface area contributed by atoms with Crippen molar-refractivity contribution >= 4 is 21.7 Å². The molecule has 1 heterocycles. The molecule has 19 heavy (non-hydrogen) atoms. The number of aromatic nitrogens is 2. The van der Waals surface area contributed by atoms with E-state index in [4.69, 9.17) is 0 Å². The summed E-state index contributed by atoms with van der Waals surface area (Å²) >= 11 is 0. The second-order valence-corrected chi connectivity index (χ2v) is 5.77. The lowest BCUT2D eigenvalue weighted by atomic mass is 10.4. The average molecular weight is 278 g/mol. The van der Waals surface area contributed by atoms with Gasteiger partial charge in [-0.05, 0) is 12.1 Å². The van der Waals surface area contributed by atoms with Crippen LogP contribution in [0.3, 0.4) is 0 Å². The normalized spacial score (nSPS) is 11.1. The molecule has 0 saturated heterocycles. The first-order valence-corrected chi connectivity index (χ1v) is 7.04. The third kappa shape index (κ3) is 3.19. The fourth-order valence-corrected chi connectivity index (χ4v) is 2.47. The van der Waals surface area contributed by atoms with E-state index in [0.29, 0.717) is 11.6 Å². The van der Waals surface area contributed by atoms with Gasteiger partial charge in [-0.15, -0.1) is 0 Å². The zero-order valence-corrected chi connectivity index (χ0v) is 11.4. The highest BCUT2D eigenvalue weighted by molar-refractivity contribution is 7.92. The van der Waals surface area contributed by atoms with E-state index < -0.39 is 10.0 Å². The Morgan fingerprint density at radius 1 is 1.05 bits per heavy atom. The van der Waals surface area contributed by atoms with Crippen LogP contribution in [-0.2, 0) is 10.0 Å². The molecule has 100 valence electrons. The van der Waals surface area contributed by atoms with Crippen LogP contribution < -0.4 is 9.62 Å². The van der Waals surface area contributed by atoms with Crippen LogP contribution in [0.1, 0.15) is 0 Å². The standard InChI is InChI=1S/C12H14N4O2S/c1-16(2)12-13-8-10(9-14-12)15-19(17,18)11-6-4-3-5-7-11/h3-9,15H,1-2H3. The summed E-state index contributed by atoms with van der Waals surface area (Å²) in [6.07, 6.45) is 2.87. The number of benzene rings is 1. The van der Waals surface area contributed by atoms with Crippen LogP contribution in [0.5, 0.6) is 0 Å². The van der Waals surface area contributed by atoms with Crippen LogP contribution >= 0.6 is 0 Å². The number of anilines is 2. The molecule has 0 spiro atoms. The van der Waals surface area contributed by atoms with Crippen molar-refractivity contribution < 1.29 is 8.42 Å². The lowest BCUT2D eigenvalue weighted by Gasteiger charge is -2.11. The van der Waals surface area contributed by atoms with Crippen LogP contribution in [0.2, 0.25) is 0 Å². The van der Waals surface area contributed by atoms with E-state index in [1.807, 2.05) is 14.1 Å². The molecule has 1 aromatic heterocycles. The summed E-state index contributed by atoms with van der Waals surface area (Å²) in [7, 11) is 0.0273. The first-order valence-electron chi connectivity index (χ1n) is 5.56. The van der Waals surface area contributed by atoms with Crippen molar-refractivity contribution in [2.75, 3.05) is 23.7 Å². The molecule has 1 N–H and O–H groups in total. The van der Waals surface area contributed by atoms with E-state index in [1.54, 1.807) is 23.1 Å². The van der Waals surface area contributed by atoms with Gasteiger partial charge in [0.2, 0.25) is 5.95 Å². The largest absolute Gasteiger partial charge is 0.347 e. The fraction of sp³-hybridized carbons (Fsp3) is 0.167. The van der Waals surface area contributed by atoms with Gasteiger partial charge in [0.25, 0.3) is 10.0 Å². The maximum atomic E-state index is 12.0. The second-order valence-electron chi connectivity index (χ2n) is 4.08. The van der Waals surface area contributed by atoms with Gasteiger partial charge in [-0.3, -0.25) is 4.72 Å². The minimum Gasteiger partial charge on any atom is -0.347 e. The fourth-order valence-electron chi connectivity index (χ4n) is 1.42. The molecular weight excluding hydrogens is 264 g/mol. The highest BCUT2D eigenvalue weighted by Crippen LogP contribution is 2.15. The Morgan fingerprint density at radius 3 is 2.16 bits per heavy atom. The summed E-state index contributed by atoms with van der Waals surface area (Å²) in [5, 5.41) is 0. The van der Waals surface area contributed by atoms with Gasteiger partial charge in [0.15, 0.2) is 0 Å². The van der Waals surface area contributed by atoms with Crippen molar-refractivity contribution in [3.8, 4) is 0 Å². The summed E-state index contributed by atoms with van der Waals surface area (Å²) in [6, 6.07) is 8.14. The minimum atomic E-state index is -3.59. The Morgan fingerprint density at radius 2 is 1.63 bits per heavy atom. The second kappa shape index (κ2) is 5.23. The van der Waals surface area contributed by atoms with Crippen LogP contribution in [0, 0.1) is 0 Å². The Bertz CT molecular complexity index is 639. The molecule has 0 fully saturated rings. The molecule has 2 aromatic rings. The molecule has 6 nitrogen and oxygen atoms in total. The quantitative estimate of drug-likeness (QED) is 0.913. The number of rotatable bonds is 4. The van der Waals surface area contributed by atoms with Gasteiger partial charge < -0.3 is 4.90 Å². The smallest absolute Gasteiger partial charge is 0.261 e. The predicted octanol–water partition coefficient (Wildman–Crippen LogP) is 1.34. The van der Waals surface area contributed by atoms with E-state index in [1.165, 1.54) is 24.5 Å². The first-order chi connectivity index (χ1) is 8.99. The minimum absolute atomic E-state index is 0.201. The Balaban J connectivity index is 2.21. The molecule has 2 rings (SSSR count). The third-order valence-electron chi connectivity index (χ3n) is 2.34. The molecule has 0 atom stereocenters. The number of hydrogen-bond acceptors (Lipinski definition) is 5. The molecule has 0 aliphatic heterocycles. The van der Waals surface area contributed by atoms with Gasteiger partial charge >= 0.3 is 0 Å². The zero-order chi connectivity index (χ0) is 13.9. The van der Waals surface area contributed by atoms with Gasteiger partial charge in [-0.1, -0.05) is 18.2 Å². The Labute approximate surface area is 112 Å². The van der Waals surface area contributed by atoms with E-state index in [2.05, 4.69) is 14.7 Å². The molecule has 1 aromatic carbocycles. The van der Waals surface area contributed by atoms with Crippen molar-refractivity contribution in [2.24, 2.45) is 0 Å². The van der Waals surface area contributed by atoms with E-state index in [-0.39, 0.29) is 4.90 Å². The summed E-state index contributed by atoms with van der Waals surface area (Å²) < 4.78 is 26.5. The molecule has 0 bridgehead atoms. The van der Waals surface area contributed by atoms with Crippen molar-refractivity contribution in [1.29, 1.82) is 0 Å². The molecule has 0 aliphatic rings. The molecule has 0 amide bonds. The van der Waals surface area contributed by atoms with E-state index in [9.17, 15) is 8.42 Å². The summed E-state index contributed by atoms with van der Waals surface area (Å²) in [5.74, 6) is 0.516. The maximum Gasteiger partial charge on any atom is 0.261 e. The molecule has 0 radical (unpaired) electrons. The predicted molar refractivity (Wildman–Crippen MR) is 73.6 cm³/mol. The number of sulfonamides is 1. The van der Waals surface area contributed by atoms with E-state index >= 15 is 0 Å². The zero-order valence-electron chi connectivity index (χ0n) is 10.6. The molecule has 0 unspecified atom stereocenters. The van der Waals surface area contributed by atoms with Gasteiger partial charge in [-0.2, -0.15) is 0 Å². The van der Waals surface area contributed by atoms with Gasteiger partial charge in [0, 0.05) is 14.1 Å². The maximum absolute atomic E-state index is 12.0. The van der Waals surface area contributed by atoms with Crippen molar-refractivity contribution in [3.05, 3.63) is 42.7 Å². The van der Waals surface area contributed by atoms with Crippen molar-refractivity contribution in [3.63, 3.8) is 0 Å². The summed E-state index contributed by atoms with van der Waals surface area (Å²) in [4.78, 5) is 10.0. The molecular formula is C12H14N4O2S. The van der Waals surface area contributed by atoms with Crippen molar-refractivity contribution in [2.45, 2.75) is 4.90 Å². The number of hydrogen-bond donors (Lipinski definition) is 1. The van der Waals surface area contributed by atoms with Crippen LogP contribution in [0.15, 0.2) is 47.6 Å². The monoisotopic (exact) mass is 278 g/mol. The van der Waals surface area contributed by atoms with Crippen LogP contribution in [0.25, 0.3) is 0 Å². The lowest BCUT2D eigenvalue weighted by molar-refractivity contribution is 0.601. The molecule has 0 aliphatic carbocycles. The number of nitrogens with zero attached hydrogens (tertiary/aromatic N) is 3. The molecule has 0 saturated carbocycles.